The molecule has 2 aromatic rings. The van der Waals surface area contributed by atoms with Crippen molar-refractivity contribution in [3.05, 3.63) is 71.8 Å². The highest BCUT2D eigenvalue weighted by molar-refractivity contribution is 6.55. The normalized spacial score (nSPS) is 35.2. The van der Waals surface area contributed by atoms with E-state index >= 15 is 0 Å². The molecule has 1 radical (unpaired) electrons. The minimum absolute atomic E-state index is 0.216. The van der Waals surface area contributed by atoms with Crippen LogP contribution in [0, 0.1) is 0 Å². The average molecular weight is 484 g/mol. The summed E-state index contributed by atoms with van der Waals surface area (Å²) in [5, 5.41) is 0. The summed E-state index contributed by atoms with van der Waals surface area (Å²) in [7, 11) is 0.543. The van der Waals surface area contributed by atoms with Gasteiger partial charge in [-0.1, -0.05) is 88.4 Å². The number of benzene rings is 2. The fourth-order valence-corrected chi connectivity index (χ4v) is 7.77. The molecule has 3 fully saturated rings. The van der Waals surface area contributed by atoms with Crippen LogP contribution in [0.25, 0.3) is 0 Å². The highest BCUT2D eigenvalue weighted by Crippen LogP contribution is 2.59. The van der Waals surface area contributed by atoms with Crippen LogP contribution in [-0.4, -0.2) is 53.0 Å². The molecule has 3 aliphatic heterocycles. The maximum atomic E-state index is 6.94. The molecule has 2 unspecified atom stereocenters. The smallest absolute Gasteiger partial charge is 0.229 e. The third-order valence-electron chi connectivity index (χ3n) is 6.87. The number of hydrogen-bond donors (Lipinski definition) is 0. The largest absolute Gasteiger partial charge is 0.405 e. The molecule has 183 valence electrons. The highest BCUT2D eigenvalue weighted by atomic mass is 28.3. The fraction of sp³-hybridized carbons (Fsp3) is 0.556. The summed E-state index contributed by atoms with van der Waals surface area (Å²) in [6.07, 6.45) is -2.08. The molecule has 3 saturated heterocycles. The Hall–Kier alpha value is -1.58. The van der Waals surface area contributed by atoms with Gasteiger partial charge in [-0.2, -0.15) is 0 Å². The predicted octanol–water partition coefficient (Wildman–Crippen LogP) is 5.18. The Kier molecular flexibility index (Phi) is 6.97. The van der Waals surface area contributed by atoms with Crippen molar-refractivity contribution in [2.24, 2.45) is 0 Å². The van der Waals surface area contributed by atoms with Gasteiger partial charge < -0.3 is 28.1 Å². The lowest BCUT2D eigenvalue weighted by Gasteiger charge is -2.49. The second-order valence-corrected chi connectivity index (χ2v) is 13.3. The van der Waals surface area contributed by atoms with E-state index in [1.54, 1.807) is 7.11 Å². The minimum Gasteiger partial charge on any atom is -0.405 e. The summed E-state index contributed by atoms with van der Waals surface area (Å²) in [6, 6.07) is 20.2. The lowest BCUT2D eigenvalue weighted by molar-refractivity contribution is -0.347. The summed E-state index contributed by atoms with van der Waals surface area (Å²) in [5.74, 6) is -0.908. The average Bonchev–Trinajstić information content (AvgIpc) is 3.56. The third kappa shape index (κ3) is 4.39. The summed E-state index contributed by atoms with van der Waals surface area (Å²) < 4.78 is 38.7. The molecule has 34 heavy (non-hydrogen) atoms. The molecule has 3 aliphatic rings. The van der Waals surface area contributed by atoms with Gasteiger partial charge >= 0.3 is 0 Å². The maximum Gasteiger partial charge on any atom is 0.229 e. The predicted molar refractivity (Wildman–Crippen MR) is 130 cm³/mol. The Bertz CT molecular complexity index is 933. The van der Waals surface area contributed by atoms with Gasteiger partial charge in [0.2, 0.25) is 14.8 Å². The van der Waals surface area contributed by atoms with Gasteiger partial charge in [-0.25, -0.2) is 0 Å². The van der Waals surface area contributed by atoms with Crippen molar-refractivity contribution >= 4 is 9.04 Å². The van der Waals surface area contributed by atoms with Crippen LogP contribution in [0.2, 0.25) is 11.1 Å². The zero-order valence-electron chi connectivity index (χ0n) is 20.5. The van der Waals surface area contributed by atoms with Crippen LogP contribution >= 0.6 is 0 Å². The van der Waals surface area contributed by atoms with Gasteiger partial charge in [0.1, 0.15) is 30.5 Å². The standard InChI is InChI=1S/C27H35O6Si/c1-17(2)34(18(3)4)33-25-23(28-5)22-21(16-29-26(30-22)20-14-10-7-11-15-20)31-27(25)24(32-27)19-12-8-6-9-13-19/h6-15,17-18,21-26H,16H2,1-5H3/t21-,22-,23-,24?,25+,26-,27?/m1/s1. The van der Waals surface area contributed by atoms with Crippen molar-refractivity contribution in [3.63, 3.8) is 0 Å². The minimum atomic E-state index is -1.18. The molecule has 6 nitrogen and oxygen atoms in total. The van der Waals surface area contributed by atoms with Crippen LogP contribution in [-0.2, 0) is 28.1 Å². The van der Waals surface area contributed by atoms with Crippen LogP contribution in [0.3, 0.4) is 0 Å². The van der Waals surface area contributed by atoms with Gasteiger partial charge in [-0.3, -0.25) is 0 Å². The topological polar surface area (TPSA) is 58.7 Å². The molecular formula is C27H35O6Si. The van der Waals surface area contributed by atoms with E-state index in [9.17, 15) is 0 Å². The van der Waals surface area contributed by atoms with Crippen molar-refractivity contribution < 1.29 is 28.1 Å². The van der Waals surface area contributed by atoms with Crippen molar-refractivity contribution in [2.45, 2.75) is 81.4 Å². The van der Waals surface area contributed by atoms with E-state index in [-0.39, 0.29) is 24.4 Å². The number of rotatable bonds is 7. The molecule has 0 aliphatic carbocycles. The summed E-state index contributed by atoms with van der Waals surface area (Å²) in [6.45, 7) is 9.32. The Balaban J connectivity index is 1.47. The summed E-state index contributed by atoms with van der Waals surface area (Å²) >= 11 is 0. The number of fused-ring (bicyclic) bond motifs is 1. The molecule has 0 bridgehead atoms. The van der Waals surface area contributed by atoms with Crippen molar-refractivity contribution in [1.82, 2.24) is 0 Å². The zero-order valence-corrected chi connectivity index (χ0v) is 21.5. The monoisotopic (exact) mass is 483 g/mol. The Morgan fingerprint density at radius 3 is 2.09 bits per heavy atom. The van der Waals surface area contributed by atoms with Gasteiger partial charge in [0.05, 0.1) is 6.61 Å². The van der Waals surface area contributed by atoms with E-state index in [4.69, 9.17) is 28.1 Å². The van der Waals surface area contributed by atoms with E-state index in [0.717, 1.165) is 11.1 Å². The van der Waals surface area contributed by atoms with Gasteiger partial charge in [0, 0.05) is 12.7 Å². The first-order valence-electron chi connectivity index (χ1n) is 12.2. The number of hydrogen-bond acceptors (Lipinski definition) is 6. The first kappa shape index (κ1) is 24.1. The maximum absolute atomic E-state index is 6.94. The highest BCUT2D eigenvalue weighted by Gasteiger charge is 2.72. The van der Waals surface area contributed by atoms with Crippen molar-refractivity contribution in [1.29, 1.82) is 0 Å². The molecule has 7 atom stereocenters. The van der Waals surface area contributed by atoms with E-state index in [1.807, 2.05) is 48.5 Å². The molecule has 5 rings (SSSR count). The molecule has 3 heterocycles. The Morgan fingerprint density at radius 1 is 0.882 bits per heavy atom. The number of ether oxygens (including phenoxy) is 5. The number of epoxide rings is 1. The first-order valence-corrected chi connectivity index (χ1v) is 13.8. The van der Waals surface area contributed by atoms with E-state index in [0.29, 0.717) is 17.7 Å². The van der Waals surface area contributed by atoms with Gasteiger partial charge in [-0.05, 0) is 16.6 Å². The van der Waals surface area contributed by atoms with E-state index in [1.165, 1.54) is 0 Å². The van der Waals surface area contributed by atoms with Crippen LogP contribution in [0.15, 0.2) is 60.7 Å². The summed E-state index contributed by atoms with van der Waals surface area (Å²) in [5.41, 5.74) is 2.91. The van der Waals surface area contributed by atoms with Crippen molar-refractivity contribution in [2.75, 3.05) is 13.7 Å². The van der Waals surface area contributed by atoms with Crippen LogP contribution in [0.5, 0.6) is 0 Å². The first-order chi connectivity index (χ1) is 16.4. The zero-order chi connectivity index (χ0) is 23.9. The van der Waals surface area contributed by atoms with Gasteiger partial charge in [0.15, 0.2) is 6.29 Å². The second kappa shape index (κ2) is 9.82. The van der Waals surface area contributed by atoms with Crippen LogP contribution in [0.1, 0.15) is 51.2 Å². The molecule has 0 N–H and O–H groups in total. The van der Waals surface area contributed by atoms with E-state index in [2.05, 4.69) is 39.8 Å². The summed E-state index contributed by atoms with van der Waals surface area (Å²) in [4.78, 5) is 0. The lowest BCUT2D eigenvalue weighted by atomic mass is 9.90. The molecule has 7 heteroatoms. The molecule has 0 aromatic heterocycles. The molecule has 1 spiro atoms. The van der Waals surface area contributed by atoms with E-state index < -0.39 is 27.2 Å². The second-order valence-electron chi connectivity index (χ2n) is 9.91. The van der Waals surface area contributed by atoms with Gasteiger partial charge in [0.25, 0.3) is 0 Å². The van der Waals surface area contributed by atoms with Crippen LogP contribution in [0.4, 0.5) is 0 Å². The lowest BCUT2D eigenvalue weighted by Crippen LogP contribution is -2.65. The Labute approximate surface area is 204 Å². The SMILES string of the molecule is CO[C@@H]1[C@@H]2O[C@H](c3ccccc3)OC[C@H]2OC2(OC2c2ccccc2)[C@H]1O[Si](C(C)C)C(C)C. The molecule has 2 aromatic carbocycles. The third-order valence-corrected chi connectivity index (χ3v) is 9.67. The quantitative estimate of drug-likeness (QED) is 0.400. The Morgan fingerprint density at radius 2 is 1.50 bits per heavy atom. The van der Waals surface area contributed by atoms with Gasteiger partial charge in [-0.15, -0.1) is 0 Å². The van der Waals surface area contributed by atoms with Crippen LogP contribution < -0.4 is 0 Å². The molecule has 0 amide bonds. The number of methoxy groups -OCH3 is 1. The molecule has 0 saturated carbocycles. The fourth-order valence-electron chi connectivity index (χ4n) is 5.30. The molecular weight excluding hydrogens is 448 g/mol. The van der Waals surface area contributed by atoms with Crippen molar-refractivity contribution in [3.8, 4) is 0 Å².